The van der Waals surface area contributed by atoms with E-state index in [1.807, 2.05) is 18.3 Å². The number of benzene rings is 1. The first-order valence-electron chi connectivity index (χ1n) is 8.44. The lowest BCUT2D eigenvalue weighted by Gasteiger charge is -2.18. The maximum absolute atomic E-state index is 5.45. The van der Waals surface area contributed by atoms with E-state index in [9.17, 15) is 0 Å². The Bertz CT molecular complexity index is 650. The smallest absolute Gasteiger partial charge is 0.121 e. The maximum atomic E-state index is 5.45. The summed E-state index contributed by atoms with van der Waals surface area (Å²) in [5, 5.41) is 8.21. The van der Waals surface area contributed by atoms with Gasteiger partial charge in [0.1, 0.15) is 5.75 Å². The van der Waals surface area contributed by atoms with Gasteiger partial charge in [0, 0.05) is 29.7 Å². The van der Waals surface area contributed by atoms with Crippen LogP contribution in [0.25, 0.3) is 10.9 Å². The topological polar surface area (TPSA) is 46.2 Å². The van der Waals surface area contributed by atoms with E-state index < -0.39 is 0 Å². The predicted octanol–water partition coefficient (Wildman–Crippen LogP) is 4.97. The highest BCUT2D eigenvalue weighted by atomic mass is 35.5. The van der Waals surface area contributed by atoms with Crippen LogP contribution in [0.15, 0.2) is 24.4 Å². The first-order chi connectivity index (χ1) is 11.0. The third-order valence-electron chi connectivity index (χ3n) is 4.04. The van der Waals surface area contributed by atoms with E-state index in [1.54, 1.807) is 7.11 Å². The van der Waals surface area contributed by atoms with Crippen LogP contribution in [0.5, 0.6) is 5.75 Å². The molecule has 0 aliphatic carbocycles. The standard InChI is InChI=1S/C19H29N3O.2ClH/c1-13(2)20-9-6-7-15(4)22-18-12-16(23-5)11-17-14(3)8-10-21-19(17)18;;/h8,10-13,15,20,22H,6-7,9H2,1-5H3;2*1H. The van der Waals surface area contributed by atoms with Crippen LogP contribution in [0.1, 0.15) is 39.2 Å². The molecule has 0 spiro atoms. The second-order valence-corrected chi connectivity index (χ2v) is 6.50. The normalized spacial score (nSPS) is 11.6. The van der Waals surface area contributed by atoms with Gasteiger partial charge in [-0.2, -0.15) is 0 Å². The van der Waals surface area contributed by atoms with Crippen molar-refractivity contribution in [1.29, 1.82) is 0 Å². The zero-order valence-corrected chi connectivity index (χ0v) is 17.4. The van der Waals surface area contributed by atoms with Crippen LogP contribution in [0.4, 0.5) is 5.69 Å². The molecule has 142 valence electrons. The van der Waals surface area contributed by atoms with Crippen LogP contribution in [-0.4, -0.2) is 30.7 Å². The molecule has 0 bridgehead atoms. The first kappa shape index (κ1) is 23.8. The fourth-order valence-corrected chi connectivity index (χ4v) is 2.73. The summed E-state index contributed by atoms with van der Waals surface area (Å²) < 4.78 is 5.45. The summed E-state index contributed by atoms with van der Waals surface area (Å²) in [7, 11) is 1.71. The Kier molecular flexibility index (Phi) is 10.8. The van der Waals surface area contributed by atoms with E-state index in [2.05, 4.69) is 49.4 Å². The van der Waals surface area contributed by atoms with Crippen molar-refractivity contribution in [2.24, 2.45) is 0 Å². The number of hydrogen-bond acceptors (Lipinski definition) is 4. The van der Waals surface area contributed by atoms with Crippen LogP contribution in [0, 0.1) is 6.92 Å². The van der Waals surface area contributed by atoms with Gasteiger partial charge in [-0.1, -0.05) is 13.8 Å². The summed E-state index contributed by atoms with van der Waals surface area (Å²) in [4.78, 5) is 4.56. The maximum Gasteiger partial charge on any atom is 0.121 e. The van der Waals surface area contributed by atoms with Gasteiger partial charge in [0.15, 0.2) is 0 Å². The summed E-state index contributed by atoms with van der Waals surface area (Å²) in [6.07, 6.45) is 4.14. The second-order valence-electron chi connectivity index (χ2n) is 6.50. The van der Waals surface area contributed by atoms with Crippen molar-refractivity contribution in [3.05, 3.63) is 30.0 Å². The summed E-state index contributed by atoms with van der Waals surface area (Å²) >= 11 is 0. The summed E-state index contributed by atoms with van der Waals surface area (Å²) in [6.45, 7) is 9.74. The van der Waals surface area contributed by atoms with Crippen molar-refractivity contribution in [2.75, 3.05) is 19.0 Å². The summed E-state index contributed by atoms with van der Waals surface area (Å²) in [5.41, 5.74) is 3.27. The Morgan fingerprint density at radius 2 is 1.88 bits per heavy atom. The molecule has 2 aromatic rings. The Morgan fingerprint density at radius 1 is 1.16 bits per heavy atom. The molecule has 0 amide bonds. The van der Waals surface area contributed by atoms with Gasteiger partial charge in [-0.3, -0.25) is 4.98 Å². The number of fused-ring (bicyclic) bond motifs is 1. The SMILES string of the molecule is COc1cc(NC(C)CCCNC(C)C)c2nccc(C)c2c1.Cl.Cl. The van der Waals surface area contributed by atoms with Gasteiger partial charge in [0.25, 0.3) is 0 Å². The molecule has 25 heavy (non-hydrogen) atoms. The van der Waals surface area contributed by atoms with Crippen molar-refractivity contribution < 1.29 is 4.74 Å². The lowest BCUT2D eigenvalue weighted by Crippen LogP contribution is -2.25. The number of halogens is 2. The second kappa shape index (κ2) is 11.4. The molecule has 0 saturated heterocycles. The van der Waals surface area contributed by atoms with Crippen molar-refractivity contribution >= 4 is 41.4 Å². The molecule has 1 heterocycles. The molecule has 0 aliphatic heterocycles. The zero-order valence-electron chi connectivity index (χ0n) is 15.8. The van der Waals surface area contributed by atoms with Gasteiger partial charge in [-0.25, -0.2) is 0 Å². The van der Waals surface area contributed by atoms with Crippen molar-refractivity contribution in [2.45, 2.75) is 52.6 Å². The predicted molar refractivity (Wildman–Crippen MR) is 113 cm³/mol. The highest BCUT2D eigenvalue weighted by molar-refractivity contribution is 5.94. The molecule has 1 unspecified atom stereocenters. The molecular formula is C19H31Cl2N3O. The van der Waals surface area contributed by atoms with Crippen molar-refractivity contribution in [3.63, 3.8) is 0 Å². The monoisotopic (exact) mass is 387 g/mol. The van der Waals surface area contributed by atoms with Crippen LogP contribution >= 0.6 is 24.8 Å². The zero-order chi connectivity index (χ0) is 16.8. The number of hydrogen-bond donors (Lipinski definition) is 2. The number of methoxy groups -OCH3 is 1. The number of nitrogens with zero attached hydrogens (tertiary/aromatic N) is 1. The Balaban J connectivity index is 0.00000288. The number of nitrogens with one attached hydrogen (secondary N) is 2. The van der Waals surface area contributed by atoms with Crippen LogP contribution in [0.3, 0.4) is 0 Å². The quantitative estimate of drug-likeness (QED) is 0.627. The lowest BCUT2D eigenvalue weighted by atomic mass is 10.1. The molecule has 2 N–H and O–H groups in total. The minimum Gasteiger partial charge on any atom is -0.497 e. The number of aromatic nitrogens is 1. The van der Waals surface area contributed by atoms with Crippen LogP contribution in [0.2, 0.25) is 0 Å². The molecule has 2 rings (SSSR count). The molecule has 1 aromatic carbocycles. The molecule has 0 aliphatic rings. The molecule has 4 nitrogen and oxygen atoms in total. The number of aryl methyl sites for hydroxylation is 1. The van der Waals surface area contributed by atoms with Gasteiger partial charge < -0.3 is 15.4 Å². The number of pyridine rings is 1. The fourth-order valence-electron chi connectivity index (χ4n) is 2.73. The van der Waals surface area contributed by atoms with Gasteiger partial charge in [0.2, 0.25) is 0 Å². The minimum absolute atomic E-state index is 0. The average Bonchev–Trinajstić information content (AvgIpc) is 2.52. The minimum atomic E-state index is 0. The summed E-state index contributed by atoms with van der Waals surface area (Å²) in [6, 6.07) is 7.07. The first-order valence-corrected chi connectivity index (χ1v) is 8.44. The largest absolute Gasteiger partial charge is 0.497 e. The van der Waals surface area contributed by atoms with Crippen LogP contribution in [-0.2, 0) is 0 Å². The number of anilines is 1. The van der Waals surface area contributed by atoms with E-state index in [0.717, 1.165) is 41.7 Å². The molecular weight excluding hydrogens is 357 g/mol. The van der Waals surface area contributed by atoms with Crippen LogP contribution < -0.4 is 15.4 Å². The number of rotatable bonds is 8. The van der Waals surface area contributed by atoms with E-state index in [1.165, 1.54) is 5.56 Å². The van der Waals surface area contributed by atoms with Gasteiger partial charge >= 0.3 is 0 Å². The highest BCUT2D eigenvalue weighted by Crippen LogP contribution is 2.30. The lowest BCUT2D eigenvalue weighted by molar-refractivity contribution is 0.415. The van der Waals surface area contributed by atoms with Crippen molar-refractivity contribution in [1.82, 2.24) is 10.3 Å². The Labute approximate surface area is 164 Å². The third-order valence-corrected chi connectivity index (χ3v) is 4.04. The van der Waals surface area contributed by atoms with Gasteiger partial charge in [0.05, 0.1) is 18.3 Å². The highest BCUT2D eigenvalue weighted by Gasteiger charge is 2.10. The fraction of sp³-hybridized carbons (Fsp3) is 0.526. The average molecular weight is 388 g/mol. The summed E-state index contributed by atoms with van der Waals surface area (Å²) in [5.74, 6) is 0.866. The van der Waals surface area contributed by atoms with E-state index in [4.69, 9.17) is 4.74 Å². The molecule has 0 radical (unpaired) electrons. The third kappa shape index (κ3) is 6.89. The van der Waals surface area contributed by atoms with Gasteiger partial charge in [-0.15, -0.1) is 24.8 Å². The molecule has 6 heteroatoms. The van der Waals surface area contributed by atoms with E-state index in [0.29, 0.717) is 12.1 Å². The number of ether oxygens (including phenoxy) is 1. The Morgan fingerprint density at radius 3 is 2.52 bits per heavy atom. The molecule has 1 aromatic heterocycles. The molecule has 1 atom stereocenters. The molecule has 0 saturated carbocycles. The Hall–Kier alpha value is -1.23. The van der Waals surface area contributed by atoms with E-state index >= 15 is 0 Å². The van der Waals surface area contributed by atoms with E-state index in [-0.39, 0.29) is 24.8 Å². The van der Waals surface area contributed by atoms with Crippen molar-refractivity contribution in [3.8, 4) is 5.75 Å². The van der Waals surface area contributed by atoms with Gasteiger partial charge in [-0.05, 0) is 50.9 Å². The molecule has 0 fully saturated rings.